The Hall–Kier alpha value is -2.12. The summed E-state index contributed by atoms with van der Waals surface area (Å²) < 4.78 is 4.96. The van der Waals surface area contributed by atoms with E-state index in [0.717, 1.165) is 16.9 Å². The van der Waals surface area contributed by atoms with Crippen molar-refractivity contribution in [2.24, 2.45) is 23.7 Å². The number of nitrogens with zero attached hydrogens (tertiary/aromatic N) is 1. The summed E-state index contributed by atoms with van der Waals surface area (Å²) in [6.07, 6.45) is 1.55. The molecule has 30 heavy (non-hydrogen) atoms. The van der Waals surface area contributed by atoms with Crippen molar-refractivity contribution in [3.63, 3.8) is 0 Å². The van der Waals surface area contributed by atoms with Gasteiger partial charge in [-0.05, 0) is 42.4 Å². The van der Waals surface area contributed by atoms with Crippen LogP contribution in [-0.2, 0) is 30.3 Å². The average Bonchev–Trinajstić information content (AvgIpc) is 3.34. The van der Waals surface area contributed by atoms with Crippen LogP contribution in [-0.4, -0.2) is 52.5 Å². The Morgan fingerprint density at radius 2 is 1.63 bits per heavy atom. The van der Waals surface area contributed by atoms with Gasteiger partial charge in [0.2, 0.25) is 11.8 Å². The molecular weight excluding hydrogens is 431 g/mol. The Labute approximate surface area is 184 Å². The number of anilines is 1. The molecule has 6 atom stereocenters. The van der Waals surface area contributed by atoms with Gasteiger partial charge in [-0.2, -0.15) is 0 Å². The van der Waals surface area contributed by atoms with E-state index in [1.165, 1.54) is 0 Å². The lowest BCUT2D eigenvalue weighted by Crippen LogP contribution is -2.38. The molecule has 0 aromatic heterocycles. The maximum Gasteiger partial charge on any atom is 0.326 e. The van der Waals surface area contributed by atoms with E-state index in [0.29, 0.717) is 12.1 Å². The van der Waals surface area contributed by atoms with Gasteiger partial charge in [-0.1, -0.05) is 19.1 Å². The Morgan fingerprint density at radius 1 is 1.07 bits per heavy atom. The summed E-state index contributed by atoms with van der Waals surface area (Å²) in [5, 5.41) is 1.93. The minimum absolute atomic E-state index is 0.147. The number of fused-ring (bicyclic) bond motifs is 5. The third kappa shape index (κ3) is 3.58. The van der Waals surface area contributed by atoms with E-state index in [9.17, 15) is 19.2 Å². The van der Waals surface area contributed by atoms with Crippen LogP contribution < -0.4 is 5.32 Å². The van der Waals surface area contributed by atoms with Crippen molar-refractivity contribution in [1.82, 2.24) is 4.90 Å². The minimum Gasteiger partial charge on any atom is -0.454 e. The highest BCUT2D eigenvalue weighted by atomic mass is 35.5. The average molecular weight is 453 g/mol. The number of amides is 3. The number of rotatable bonds is 6. The number of esters is 1. The summed E-state index contributed by atoms with van der Waals surface area (Å²) in [7, 11) is 0. The van der Waals surface area contributed by atoms with Crippen LogP contribution >= 0.6 is 23.2 Å². The Kier molecular flexibility index (Phi) is 5.77. The summed E-state index contributed by atoms with van der Waals surface area (Å²) in [4.78, 5) is 50.5. The molecule has 4 rings (SSSR count). The van der Waals surface area contributed by atoms with Gasteiger partial charge in [-0.15, -0.1) is 23.2 Å². The van der Waals surface area contributed by atoms with Crippen LogP contribution in [0.1, 0.15) is 18.9 Å². The molecule has 1 aromatic carbocycles. The summed E-state index contributed by atoms with van der Waals surface area (Å²) in [6.45, 7) is 1.02. The largest absolute Gasteiger partial charge is 0.454 e. The number of likely N-dealkylation sites (tertiary alicyclic amines) is 1. The molecule has 1 heterocycles. The highest BCUT2D eigenvalue weighted by Gasteiger charge is 2.66. The second-order valence-electron chi connectivity index (χ2n) is 8.03. The molecule has 2 bridgehead atoms. The smallest absolute Gasteiger partial charge is 0.326 e. The fraction of sp³-hybridized carbons (Fsp3) is 0.524. The fourth-order valence-electron chi connectivity index (χ4n) is 4.91. The normalized spacial score (nSPS) is 31.8. The van der Waals surface area contributed by atoms with Crippen molar-refractivity contribution >= 4 is 52.6 Å². The number of hydrogen-bond acceptors (Lipinski definition) is 5. The monoisotopic (exact) mass is 452 g/mol. The molecule has 1 aromatic rings. The van der Waals surface area contributed by atoms with Gasteiger partial charge in [-0.3, -0.25) is 24.1 Å². The second kappa shape index (κ2) is 8.19. The van der Waals surface area contributed by atoms with Gasteiger partial charge in [0.05, 0.1) is 22.6 Å². The van der Waals surface area contributed by atoms with Crippen molar-refractivity contribution in [2.45, 2.75) is 30.5 Å². The molecule has 3 amide bonds. The highest BCUT2D eigenvalue weighted by Crippen LogP contribution is 2.59. The van der Waals surface area contributed by atoms with Crippen molar-refractivity contribution in [1.29, 1.82) is 0 Å². The molecule has 2 saturated carbocycles. The van der Waals surface area contributed by atoms with Crippen LogP contribution in [0, 0.1) is 23.7 Å². The predicted octanol–water partition coefficient (Wildman–Crippen LogP) is 2.20. The van der Waals surface area contributed by atoms with Crippen LogP contribution in [0.5, 0.6) is 0 Å². The number of alkyl halides is 2. The third-order valence-corrected chi connectivity index (χ3v) is 7.70. The first kappa shape index (κ1) is 21.1. The van der Waals surface area contributed by atoms with E-state index in [4.69, 9.17) is 27.9 Å². The van der Waals surface area contributed by atoms with E-state index in [1.54, 1.807) is 12.1 Å². The first-order valence-electron chi connectivity index (χ1n) is 9.99. The van der Waals surface area contributed by atoms with E-state index in [-0.39, 0.29) is 22.6 Å². The zero-order chi connectivity index (χ0) is 21.6. The number of imide groups is 1. The number of carbonyl (C=O) groups is 4. The molecule has 1 saturated heterocycles. The molecule has 1 N–H and O–H groups in total. The van der Waals surface area contributed by atoms with E-state index < -0.39 is 48.7 Å². The van der Waals surface area contributed by atoms with Gasteiger partial charge in [0.1, 0.15) is 6.54 Å². The van der Waals surface area contributed by atoms with Gasteiger partial charge in [0, 0.05) is 5.69 Å². The molecule has 3 aliphatic rings. The summed E-state index contributed by atoms with van der Waals surface area (Å²) in [5.41, 5.74) is 1.73. The molecule has 7 nitrogen and oxygen atoms in total. The molecule has 2 aliphatic carbocycles. The SMILES string of the molecule is CCc1ccc(NC(=O)COC(=O)CN2C(=O)[C@@H]3[C@H]4C[C@@H]([C@H](Cl)[C@H]4Cl)[C@H]3C2=O)cc1. The van der Waals surface area contributed by atoms with Gasteiger partial charge in [0.25, 0.3) is 5.91 Å². The van der Waals surface area contributed by atoms with Crippen molar-refractivity contribution in [2.75, 3.05) is 18.5 Å². The number of ether oxygens (including phenoxy) is 1. The van der Waals surface area contributed by atoms with Crippen LogP contribution in [0.15, 0.2) is 24.3 Å². The summed E-state index contributed by atoms with van der Waals surface area (Å²) in [5.74, 6) is -3.43. The van der Waals surface area contributed by atoms with Gasteiger partial charge < -0.3 is 10.1 Å². The zero-order valence-corrected chi connectivity index (χ0v) is 17.9. The maximum atomic E-state index is 12.7. The first-order chi connectivity index (χ1) is 14.3. The van der Waals surface area contributed by atoms with Crippen LogP contribution in [0.3, 0.4) is 0 Å². The number of nitrogens with one attached hydrogen (secondary N) is 1. The molecule has 0 unspecified atom stereocenters. The Balaban J connectivity index is 1.29. The van der Waals surface area contributed by atoms with Crippen LogP contribution in [0.25, 0.3) is 0 Å². The number of carbonyl (C=O) groups excluding carboxylic acids is 4. The molecule has 1 aliphatic heterocycles. The van der Waals surface area contributed by atoms with Crippen molar-refractivity contribution < 1.29 is 23.9 Å². The Bertz CT molecular complexity index is 858. The third-order valence-electron chi connectivity index (χ3n) is 6.38. The standard InChI is InChI=1S/C21H22Cl2N2O5/c1-2-10-3-5-11(6-4-10)24-14(26)9-30-15(27)8-25-20(28)16-12-7-13(17(16)21(25)29)19(23)18(12)22/h3-6,12-13,16-19H,2,7-9H2,1H3,(H,24,26)/t12-,13-,16-,17-,18+,19+/m1/s1. The zero-order valence-electron chi connectivity index (χ0n) is 16.3. The molecule has 9 heteroatoms. The maximum absolute atomic E-state index is 12.7. The summed E-state index contributed by atoms with van der Waals surface area (Å²) in [6, 6.07) is 7.32. The van der Waals surface area contributed by atoms with Crippen molar-refractivity contribution in [3.8, 4) is 0 Å². The first-order valence-corrected chi connectivity index (χ1v) is 10.9. The lowest BCUT2D eigenvalue weighted by molar-refractivity contribution is -0.154. The van der Waals surface area contributed by atoms with Crippen molar-refractivity contribution in [3.05, 3.63) is 29.8 Å². The minimum atomic E-state index is -0.814. The number of halogens is 2. The van der Waals surface area contributed by atoms with Gasteiger partial charge in [0.15, 0.2) is 6.61 Å². The fourth-order valence-corrected chi connectivity index (χ4v) is 5.80. The number of aryl methyl sites for hydroxylation is 1. The lowest BCUT2D eigenvalue weighted by atomic mass is 9.80. The highest BCUT2D eigenvalue weighted by molar-refractivity contribution is 6.31. The molecule has 160 valence electrons. The number of hydrogen-bond donors (Lipinski definition) is 1. The van der Waals surface area contributed by atoms with Crippen LogP contribution in [0.2, 0.25) is 0 Å². The quantitative estimate of drug-likeness (QED) is 0.405. The predicted molar refractivity (Wildman–Crippen MR) is 110 cm³/mol. The lowest BCUT2D eigenvalue weighted by Gasteiger charge is -2.28. The Morgan fingerprint density at radius 3 is 2.17 bits per heavy atom. The summed E-state index contributed by atoms with van der Waals surface area (Å²) >= 11 is 12.6. The number of benzene rings is 1. The van der Waals surface area contributed by atoms with E-state index >= 15 is 0 Å². The van der Waals surface area contributed by atoms with Gasteiger partial charge >= 0.3 is 5.97 Å². The molecule has 0 spiro atoms. The van der Waals surface area contributed by atoms with E-state index in [2.05, 4.69) is 5.32 Å². The van der Waals surface area contributed by atoms with Crippen LogP contribution in [0.4, 0.5) is 5.69 Å². The molecule has 0 radical (unpaired) electrons. The topological polar surface area (TPSA) is 92.8 Å². The molecular formula is C21H22Cl2N2O5. The van der Waals surface area contributed by atoms with E-state index in [1.807, 2.05) is 19.1 Å². The van der Waals surface area contributed by atoms with Gasteiger partial charge in [-0.25, -0.2) is 0 Å². The molecule has 3 fully saturated rings. The second-order valence-corrected chi connectivity index (χ2v) is 9.03.